The van der Waals surface area contributed by atoms with Crippen molar-refractivity contribution in [3.8, 4) is 5.88 Å². The van der Waals surface area contributed by atoms with Gasteiger partial charge in [0.1, 0.15) is 0 Å². The predicted molar refractivity (Wildman–Crippen MR) is 108 cm³/mol. The maximum absolute atomic E-state index is 12.9. The van der Waals surface area contributed by atoms with Gasteiger partial charge in [-0.2, -0.15) is 0 Å². The maximum atomic E-state index is 12.9. The molecule has 5 heteroatoms. The number of amides is 2. The van der Waals surface area contributed by atoms with E-state index < -0.39 is 0 Å². The highest BCUT2D eigenvalue weighted by molar-refractivity contribution is 5.75. The van der Waals surface area contributed by atoms with E-state index in [-0.39, 0.29) is 11.9 Å². The molecule has 1 aliphatic heterocycles. The zero-order valence-corrected chi connectivity index (χ0v) is 15.8. The van der Waals surface area contributed by atoms with Crippen molar-refractivity contribution in [2.24, 2.45) is 0 Å². The standard InChI is InChI=1S/C23H23N3O2/c1-28-22-13-17(11-12-24-22)14-25-23(27)26-15-19-9-5-6-10-20(19)21(16-26)18-7-3-2-4-8-18/h2-13,21H,14-16H2,1H3,(H,25,27). The smallest absolute Gasteiger partial charge is 0.317 e. The molecule has 0 saturated carbocycles. The number of aromatic nitrogens is 1. The number of urea groups is 1. The first-order valence-electron chi connectivity index (χ1n) is 9.39. The Bertz CT molecular complexity index is 959. The average Bonchev–Trinajstić information content (AvgIpc) is 2.77. The average molecular weight is 373 g/mol. The zero-order valence-electron chi connectivity index (χ0n) is 15.8. The number of nitrogens with zero attached hydrogens (tertiary/aromatic N) is 2. The van der Waals surface area contributed by atoms with Gasteiger partial charge in [-0.15, -0.1) is 0 Å². The molecule has 1 aliphatic rings. The number of hydrogen-bond donors (Lipinski definition) is 1. The third-order valence-electron chi connectivity index (χ3n) is 5.14. The largest absolute Gasteiger partial charge is 0.481 e. The van der Waals surface area contributed by atoms with Gasteiger partial charge in [-0.1, -0.05) is 54.6 Å². The number of rotatable bonds is 4. The van der Waals surface area contributed by atoms with Crippen LogP contribution in [0.25, 0.3) is 0 Å². The van der Waals surface area contributed by atoms with Gasteiger partial charge in [-0.25, -0.2) is 9.78 Å². The van der Waals surface area contributed by atoms with Crippen LogP contribution in [0.5, 0.6) is 5.88 Å². The Balaban J connectivity index is 1.51. The molecule has 0 radical (unpaired) electrons. The highest BCUT2D eigenvalue weighted by atomic mass is 16.5. The summed E-state index contributed by atoms with van der Waals surface area (Å²) in [5, 5.41) is 3.03. The molecule has 0 spiro atoms. The van der Waals surface area contributed by atoms with Crippen molar-refractivity contribution >= 4 is 6.03 Å². The van der Waals surface area contributed by atoms with Crippen LogP contribution < -0.4 is 10.1 Å². The van der Waals surface area contributed by atoms with E-state index in [4.69, 9.17) is 4.74 Å². The van der Waals surface area contributed by atoms with Crippen molar-refractivity contribution in [2.75, 3.05) is 13.7 Å². The van der Waals surface area contributed by atoms with E-state index in [1.54, 1.807) is 13.3 Å². The van der Waals surface area contributed by atoms with Gasteiger partial charge in [0.25, 0.3) is 0 Å². The first kappa shape index (κ1) is 18.0. The minimum Gasteiger partial charge on any atom is -0.481 e. The van der Waals surface area contributed by atoms with Crippen molar-refractivity contribution in [3.63, 3.8) is 0 Å². The molecule has 2 amide bonds. The van der Waals surface area contributed by atoms with Crippen LogP contribution in [0, 0.1) is 0 Å². The highest BCUT2D eigenvalue weighted by Crippen LogP contribution is 2.33. The van der Waals surface area contributed by atoms with Gasteiger partial charge in [0.2, 0.25) is 5.88 Å². The van der Waals surface area contributed by atoms with Crippen LogP contribution in [0.15, 0.2) is 72.9 Å². The van der Waals surface area contributed by atoms with Gasteiger partial charge in [0.15, 0.2) is 0 Å². The predicted octanol–water partition coefficient (Wildman–Crippen LogP) is 3.95. The third kappa shape index (κ3) is 3.83. The normalized spacial score (nSPS) is 15.6. The van der Waals surface area contributed by atoms with Gasteiger partial charge in [0.05, 0.1) is 7.11 Å². The summed E-state index contributed by atoms with van der Waals surface area (Å²) in [5.41, 5.74) is 4.68. The number of carbonyl (C=O) groups is 1. The summed E-state index contributed by atoms with van der Waals surface area (Å²) in [6, 6.07) is 22.4. The van der Waals surface area contributed by atoms with E-state index in [0.29, 0.717) is 25.5 Å². The lowest BCUT2D eigenvalue weighted by atomic mass is 9.85. The summed E-state index contributed by atoms with van der Waals surface area (Å²) < 4.78 is 5.15. The minimum atomic E-state index is -0.0637. The number of hydrogen-bond acceptors (Lipinski definition) is 3. The van der Waals surface area contributed by atoms with Crippen LogP contribution in [-0.4, -0.2) is 29.6 Å². The first-order valence-corrected chi connectivity index (χ1v) is 9.39. The van der Waals surface area contributed by atoms with Crippen molar-refractivity contribution in [1.82, 2.24) is 15.2 Å². The molecule has 28 heavy (non-hydrogen) atoms. The summed E-state index contributed by atoms with van der Waals surface area (Å²) in [4.78, 5) is 18.9. The van der Waals surface area contributed by atoms with E-state index in [1.807, 2.05) is 41.3 Å². The van der Waals surface area contributed by atoms with Gasteiger partial charge in [-0.3, -0.25) is 0 Å². The molecule has 1 aromatic heterocycles. The molecule has 0 bridgehead atoms. The summed E-state index contributed by atoms with van der Waals surface area (Å²) in [7, 11) is 1.58. The van der Waals surface area contributed by atoms with E-state index in [0.717, 1.165) is 5.56 Å². The van der Waals surface area contributed by atoms with Crippen LogP contribution in [0.2, 0.25) is 0 Å². The fourth-order valence-corrected chi connectivity index (χ4v) is 3.69. The fraction of sp³-hybridized carbons (Fsp3) is 0.217. The Morgan fingerprint density at radius 1 is 1.14 bits per heavy atom. The number of methoxy groups -OCH3 is 1. The molecule has 0 aliphatic carbocycles. The van der Waals surface area contributed by atoms with Crippen molar-refractivity contribution in [2.45, 2.75) is 19.0 Å². The SMILES string of the molecule is COc1cc(CNC(=O)N2Cc3ccccc3C(c3ccccc3)C2)ccn1. The Morgan fingerprint density at radius 2 is 1.93 bits per heavy atom. The van der Waals surface area contributed by atoms with Crippen molar-refractivity contribution < 1.29 is 9.53 Å². The van der Waals surface area contributed by atoms with Gasteiger partial charge < -0.3 is 15.0 Å². The third-order valence-corrected chi connectivity index (χ3v) is 5.14. The summed E-state index contributed by atoms with van der Waals surface area (Å²) in [5.74, 6) is 0.723. The second kappa shape index (κ2) is 8.13. The first-order chi connectivity index (χ1) is 13.7. The molecule has 1 N–H and O–H groups in total. The number of ether oxygens (including phenoxy) is 1. The Labute approximate surface area is 165 Å². The summed E-state index contributed by atoms with van der Waals surface area (Å²) in [6.07, 6.45) is 1.68. The lowest BCUT2D eigenvalue weighted by Crippen LogP contribution is -2.44. The van der Waals surface area contributed by atoms with E-state index in [9.17, 15) is 4.79 Å². The number of nitrogens with one attached hydrogen (secondary N) is 1. The van der Waals surface area contributed by atoms with Gasteiger partial charge in [-0.05, 0) is 28.3 Å². The van der Waals surface area contributed by atoms with Crippen LogP contribution >= 0.6 is 0 Å². The lowest BCUT2D eigenvalue weighted by molar-refractivity contribution is 0.188. The Hall–Kier alpha value is -3.34. The van der Waals surface area contributed by atoms with E-state index in [1.165, 1.54) is 16.7 Å². The molecular weight excluding hydrogens is 350 g/mol. The number of benzene rings is 2. The molecule has 2 heterocycles. The molecule has 142 valence electrons. The molecule has 4 rings (SSSR count). The molecule has 0 saturated heterocycles. The van der Waals surface area contributed by atoms with Crippen molar-refractivity contribution in [3.05, 3.63) is 95.2 Å². The molecule has 3 aromatic rings. The minimum absolute atomic E-state index is 0.0637. The quantitative estimate of drug-likeness (QED) is 0.753. The fourth-order valence-electron chi connectivity index (χ4n) is 3.69. The number of fused-ring (bicyclic) bond motifs is 1. The van der Waals surface area contributed by atoms with Gasteiger partial charge >= 0.3 is 6.03 Å². The van der Waals surface area contributed by atoms with Crippen molar-refractivity contribution in [1.29, 1.82) is 0 Å². The molecule has 0 fully saturated rings. The zero-order chi connectivity index (χ0) is 19.3. The monoisotopic (exact) mass is 373 g/mol. The van der Waals surface area contributed by atoms with Crippen LogP contribution in [0.3, 0.4) is 0 Å². The van der Waals surface area contributed by atoms with Crippen LogP contribution in [-0.2, 0) is 13.1 Å². The summed E-state index contributed by atoms with van der Waals surface area (Å²) >= 11 is 0. The summed E-state index contributed by atoms with van der Waals surface area (Å²) in [6.45, 7) is 1.71. The molecule has 1 atom stereocenters. The van der Waals surface area contributed by atoms with Crippen LogP contribution in [0.4, 0.5) is 4.79 Å². The second-order valence-electron chi connectivity index (χ2n) is 6.91. The number of pyridine rings is 1. The highest BCUT2D eigenvalue weighted by Gasteiger charge is 2.28. The van der Waals surface area contributed by atoms with Crippen LogP contribution in [0.1, 0.15) is 28.2 Å². The lowest BCUT2D eigenvalue weighted by Gasteiger charge is -2.35. The molecule has 2 aromatic carbocycles. The second-order valence-corrected chi connectivity index (χ2v) is 6.91. The maximum Gasteiger partial charge on any atom is 0.317 e. The van der Waals surface area contributed by atoms with Gasteiger partial charge in [0, 0.05) is 37.8 Å². The topological polar surface area (TPSA) is 54.5 Å². The van der Waals surface area contributed by atoms with E-state index in [2.05, 4.69) is 40.6 Å². The number of carbonyl (C=O) groups excluding carboxylic acids is 1. The molecular formula is C23H23N3O2. The Morgan fingerprint density at radius 3 is 2.75 bits per heavy atom. The Kier molecular flexibility index (Phi) is 5.24. The molecule has 1 unspecified atom stereocenters. The van der Waals surface area contributed by atoms with E-state index >= 15 is 0 Å². The molecule has 5 nitrogen and oxygen atoms in total.